The van der Waals surface area contributed by atoms with E-state index < -0.39 is 0 Å². The molecule has 2 heterocycles. The Morgan fingerprint density at radius 3 is 3.00 bits per heavy atom. The molecule has 2 aromatic rings. The Hall–Kier alpha value is -1.81. The van der Waals surface area contributed by atoms with Gasteiger partial charge in [0.1, 0.15) is 11.9 Å². The summed E-state index contributed by atoms with van der Waals surface area (Å²) in [6.07, 6.45) is 0.904. The predicted octanol–water partition coefficient (Wildman–Crippen LogP) is 2.79. The van der Waals surface area contributed by atoms with E-state index in [-0.39, 0.29) is 12.0 Å². The Kier molecular flexibility index (Phi) is 3.25. The van der Waals surface area contributed by atoms with Crippen LogP contribution >= 0.6 is 11.3 Å². The minimum atomic E-state index is -0.00736. The van der Waals surface area contributed by atoms with E-state index in [4.69, 9.17) is 4.74 Å². The minimum Gasteiger partial charge on any atom is -0.488 e. The van der Waals surface area contributed by atoms with E-state index in [1.807, 2.05) is 36.6 Å². The van der Waals surface area contributed by atoms with Crippen LogP contribution in [0, 0.1) is 6.92 Å². The Labute approximate surface area is 116 Å². The van der Waals surface area contributed by atoms with Gasteiger partial charge in [0.05, 0.1) is 11.4 Å². The molecule has 1 aromatic carbocycles. The van der Waals surface area contributed by atoms with Gasteiger partial charge in [-0.15, -0.1) is 11.3 Å². The maximum Gasteiger partial charge on any atom is 0.261 e. The van der Waals surface area contributed by atoms with Gasteiger partial charge in [0.15, 0.2) is 0 Å². The van der Waals surface area contributed by atoms with Gasteiger partial charge >= 0.3 is 0 Å². The van der Waals surface area contributed by atoms with Gasteiger partial charge in [0.2, 0.25) is 0 Å². The molecule has 0 bridgehead atoms. The summed E-state index contributed by atoms with van der Waals surface area (Å²) in [6.45, 7) is 2.50. The van der Waals surface area contributed by atoms with Crippen molar-refractivity contribution in [2.45, 2.75) is 19.4 Å². The monoisotopic (exact) mass is 273 g/mol. The topological polar surface area (TPSA) is 38.3 Å². The lowest BCUT2D eigenvalue weighted by Crippen LogP contribution is -2.34. The number of rotatable bonds is 3. The highest BCUT2D eigenvalue weighted by atomic mass is 32.1. The quantitative estimate of drug-likeness (QED) is 0.934. The van der Waals surface area contributed by atoms with Gasteiger partial charge < -0.3 is 10.1 Å². The molecule has 19 heavy (non-hydrogen) atoms. The summed E-state index contributed by atoms with van der Waals surface area (Å²) in [4.78, 5) is 12.8. The largest absolute Gasteiger partial charge is 0.488 e. The molecule has 1 atom stereocenters. The molecule has 0 radical (unpaired) electrons. The number of aryl methyl sites for hydroxylation is 1. The van der Waals surface area contributed by atoms with Gasteiger partial charge in [-0.25, -0.2) is 0 Å². The van der Waals surface area contributed by atoms with Gasteiger partial charge in [-0.3, -0.25) is 4.79 Å². The Morgan fingerprint density at radius 1 is 1.42 bits per heavy atom. The predicted molar refractivity (Wildman–Crippen MR) is 76.0 cm³/mol. The average Bonchev–Trinajstić information content (AvgIpc) is 3.01. The molecule has 1 aliphatic heterocycles. The summed E-state index contributed by atoms with van der Waals surface area (Å²) in [6, 6.07) is 9.98. The first kappa shape index (κ1) is 12.2. The van der Waals surface area contributed by atoms with E-state index in [1.54, 1.807) is 0 Å². The highest BCUT2D eigenvalue weighted by molar-refractivity contribution is 7.12. The summed E-state index contributed by atoms with van der Waals surface area (Å²) in [5.41, 5.74) is 2.24. The van der Waals surface area contributed by atoms with Crippen molar-refractivity contribution < 1.29 is 9.53 Å². The van der Waals surface area contributed by atoms with Crippen LogP contribution < -0.4 is 10.1 Å². The fourth-order valence-corrected chi connectivity index (χ4v) is 3.10. The molecule has 98 valence electrons. The molecule has 1 aromatic heterocycles. The first-order chi connectivity index (χ1) is 9.24. The summed E-state index contributed by atoms with van der Waals surface area (Å²) < 4.78 is 5.79. The number of hydrogen-bond donors (Lipinski definition) is 1. The molecule has 1 aliphatic rings. The van der Waals surface area contributed by atoms with Crippen molar-refractivity contribution in [1.29, 1.82) is 0 Å². The number of benzene rings is 1. The number of para-hydroxylation sites is 1. The third-order valence-corrected chi connectivity index (χ3v) is 4.29. The highest BCUT2D eigenvalue weighted by Gasteiger charge is 2.23. The number of fused-ring (bicyclic) bond motifs is 1. The fourth-order valence-electron chi connectivity index (χ4n) is 2.26. The fraction of sp³-hybridized carbons (Fsp3) is 0.267. The van der Waals surface area contributed by atoms with Crippen LogP contribution in [0.4, 0.5) is 0 Å². The van der Waals surface area contributed by atoms with Crippen molar-refractivity contribution in [2.75, 3.05) is 6.54 Å². The van der Waals surface area contributed by atoms with Crippen LogP contribution in [0.25, 0.3) is 0 Å². The molecule has 0 unspecified atom stereocenters. The molecular formula is C15H15NO2S. The maximum atomic E-state index is 12.0. The maximum absolute atomic E-state index is 12.0. The second-order valence-electron chi connectivity index (χ2n) is 4.69. The van der Waals surface area contributed by atoms with Gasteiger partial charge in [0, 0.05) is 6.42 Å². The van der Waals surface area contributed by atoms with Crippen molar-refractivity contribution >= 4 is 17.2 Å². The van der Waals surface area contributed by atoms with Crippen LogP contribution in [0.1, 0.15) is 20.8 Å². The molecule has 3 nitrogen and oxygen atoms in total. The van der Waals surface area contributed by atoms with Crippen LogP contribution in [0.3, 0.4) is 0 Å². The van der Waals surface area contributed by atoms with E-state index in [0.29, 0.717) is 6.54 Å². The van der Waals surface area contributed by atoms with Crippen LogP contribution in [-0.4, -0.2) is 18.6 Å². The lowest BCUT2D eigenvalue weighted by atomic mass is 10.1. The molecule has 0 saturated carbocycles. The van der Waals surface area contributed by atoms with Crippen LogP contribution in [0.5, 0.6) is 5.75 Å². The van der Waals surface area contributed by atoms with Crippen LogP contribution in [0.2, 0.25) is 0 Å². The van der Waals surface area contributed by atoms with E-state index in [0.717, 1.165) is 22.6 Å². The molecule has 1 N–H and O–H groups in total. The number of hydrogen-bond acceptors (Lipinski definition) is 3. The molecule has 0 fully saturated rings. The number of ether oxygens (including phenoxy) is 1. The van der Waals surface area contributed by atoms with E-state index in [1.165, 1.54) is 16.9 Å². The zero-order chi connectivity index (χ0) is 13.2. The third-order valence-electron chi connectivity index (χ3n) is 3.27. The molecule has 0 spiro atoms. The minimum absolute atomic E-state index is 0.00736. The number of carbonyl (C=O) groups is 1. The van der Waals surface area contributed by atoms with Crippen LogP contribution in [-0.2, 0) is 6.42 Å². The Bertz CT molecular complexity index is 581. The zero-order valence-corrected chi connectivity index (χ0v) is 11.5. The number of carbonyl (C=O) groups excluding carboxylic acids is 1. The molecular weight excluding hydrogens is 258 g/mol. The van der Waals surface area contributed by atoms with Gasteiger partial charge in [-0.1, -0.05) is 18.2 Å². The van der Waals surface area contributed by atoms with Crippen molar-refractivity contribution in [3.8, 4) is 5.75 Å². The number of thiophene rings is 1. The average molecular weight is 273 g/mol. The normalized spacial score (nSPS) is 16.8. The molecule has 1 amide bonds. The van der Waals surface area contributed by atoms with Gasteiger partial charge in [-0.2, -0.15) is 0 Å². The van der Waals surface area contributed by atoms with Crippen molar-refractivity contribution in [3.63, 3.8) is 0 Å². The summed E-state index contributed by atoms with van der Waals surface area (Å²) in [5, 5.41) is 4.89. The van der Waals surface area contributed by atoms with E-state index in [2.05, 4.69) is 11.4 Å². The van der Waals surface area contributed by atoms with Crippen molar-refractivity contribution in [1.82, 2.24) is 5.32 Å². The summed E-state index contributed by atoms with van der Waals surface area (Å²) >= 11 is 1.47. The number of nitrogens with one attached hydrogen (secondary N) is 1. The SMILES string of the molecule is Cc1ccsc1C(=O)NC[C@@H]1Cc2ccccc2O1. The molecule has 0 aliphatic carbocycles. The van der Waals surface area contributed by atoms with Crippen LogP contribution in [0.15, 0.2) is 35.7 Å². The van der Waals surface area contributed by atoms with Crippen molar-refractivity contribution in [2.24, 2.45) is 0 Å². The van der Waals surface area contributed by atoms with E-state index in [9.17, 15) is 4.79 Å². The smallest absolute Gasteiger partial charge is 0.261 e. The van der Waals surface area contributed by atoms with Crippen molar-refractivity contribution in [3.05, 3.63) is 51.7 Å². The van der Waals surface area contributed by atoms with E-state index >= 15 is 0 Å². The second-order valence-corrected chi connectivity index (χ2v) is 5.61. The third kappa shape index (κ3) is 2.49. The van der Waals surface area contributed by atoms with Gasteiger partial charge in [-0.05, 0) is 35.6 Å². The lowest BCUT2D eigenvalue weighted by Gasteiger charge is -2.11. The molecule has 0 saturated heterocycles. The first-order valence-electron chi connectivity index (χ1n) is 6.31. The summed E-state index contributed by atoms with van der Waals surface area (Å²) in [7, 11) is 0. The zero-order valence-electron chi connectivity index (χ0n) is 10.7. The first-order valence-corrected chi connectivity index (χ1v) is 7.19. The Morgan fingerprint density at radius 2 is 2.26 bits per heavy atom. The lowest BCUT2D eigenvalue weighted by molar-refractivity contribution is 0.0937. The number of amides is 1. The van der Waals surface area contributed by atoms with Gasteiger partial charge in [0.25, 0.3) is 5.91 Å². The highest BCUT2D eigenvalue weighted by Crippen LogP contribution is 2.27. The Balaban J connectivity index is 1.58. The molecule has 3 rings (SSSR count). The standard InChI is InChI=1S/C15H15NO2S/c1-10-6-7-19-14(10)15(17)16-9-12-8-11-4-2-3-5-13(11)18-12/h2-7,12H,8-9H2,1H3,(H,16,17)/t12-/m0/s1. The summed E-state index contributed by atoms with van der Waals surface area (Å²) in [5.74, 6) is 0.932. The second kappa shape index (κ2) is 5.05. The molecule has 4 heteroatoms.